The molecule has 1 heterocycles. The summed E-state index contributed by atoms with van der Waals surface area (Å²) < 4.78 is 0. The summed E-state index contributed by atoms with van der Waals surface area (Å²) in [7, 11) is 0. The van der Waals surface area contributed by atoms with Crippen molar-refractivity contribution in [1.82, 2.24) is 10.3 Å². The molecule has 0 amide bonds. The van der Waals surface area contributed by atoms with Gasteiger partial charge in [-0.25, -0.2) is 4.98 Å². The summed E-state index contributed by atoms with van der Waals surface area (Å²) in [4.78, 5) is 17.4. The van der Waals surface area contributed by atoms with Crippen molar-refractivity contribution in [2.45, 2.75) is 52.1 Å². The van der Waals surface area contributed by atoms with Gasteiger partial charge in [-0.2, -0.15) is 0 Å². The summed E-state index contributed by atoms with van der Waals surface area (Å²) >= 11 is 1.71. The van der Waals surface area contributed by atoms with Crippen molar-refractivity contribution in [3.8, 4) is 0 Å². The van der Waals surface area contributed by atoms with E-state index in [1.807, 2.05) is 6.92 Å². The Morgan fingerprint density at radius 3 is 2.70 bits per heavy atom. The standard InChI is InChI=1S/C15H22N2O2S/c1-7(13-8(2)20-9(3)17-13)16-14-11-5-4-10(6-11)12(14)15(18)19/h7,10-12,14,16H,4-6H2,1-3H3,(H,18,19). The third-order valence-corrected chi connectivity index (χ3v) is 5.90. The van der Waals surface area contributed by atoms with Gasteiger partial charge in [-0.15, -0.1) is 11.3 Å². The van der Waals surface area contributed by atoms with Gasteiger partial charge in [0, 0.05) is 17.0 Å². The van der Waals surface area contributed by atoms with Crippen LogP contribution in [0, 0.1) is 31.6 Å². The number of carbonyl (C=O) groups is 1. The highest BCUT2D eigenvalue weighted by Gasteiger charge is 2.51. The molecular weight excluding hydrogens is 272 g/mol. The molecule has 5 atom stereocenters. The zero-order valence-electron chi connectivity index (χ0n) is 12.2. The van der Waals surface area contributed by atoms with E-state index < -0.39 is 5.97 Å². The first-order valence-electron chi connectivity index (χ1n) is 7.40. The minimum atomic E-state index is -0.631. The molecule has 20 heavy (non-hydrogen) atoms. The van der Waals surface area contributed by atoms with E-state index in [0.29, 0.717) is 11.8 Å². The van der Waals surface area contributed by atoms with Gasteiger partial charge in [0.1, 0.15) is 0 Å². The maximum Gasteiger partial charge on any atom is 0.308 e. The van der Waals surface area contributed by atoms with Gasteiger partial charge in [0.05, 0.1) is 16.6 Å². The largest absolute Gasteiger partial charge is 0.481 e. The zero-order valence-corrected chi connectivity index (χ0v) is 13.0. The number of nitrogens with zero attached hydrogens (tertiary/aromatic N) is 1. The minimum absolute atomic E-state index is 0.114. The van der Waals surface area contributed by atoms with Gasteiger partial charge < -0.3 is 10.4 Å². The van der Waals surface area contributed by atoms with Crippen LogP contribution in [0.1, 0.15) is 47.8 Å². The van der Waals surface area contributed by atoms with Crippen LogP contribution >= 0.6 is 11.3 Å². The fourth-order valence-corrected chi connectivity index (χ4v) is 5.11. The lowest BCUT2D eigenvalue weighted by Crippen LogP contribution is -2.45. The predicted molar refractivity (Wildman–Crippen MR) is 78.9 cm³/mol. The van der Waals surface area contributed by atoms with E-state index in [2.05, 4.69) is 24.1 Å². The maximum atomic E-state index is 11.5. The fraction of sp³-hybridized carbons (Fsp3) is 0.733. The Kier molecular flexibility index (Phi) is 3.58. The van der Waals surface area contributed by atoms with Gasteiger partial charge in [-0.3, -0.25) is 4.79 Å². The Balaban J connectivity index is 1.76. The molecule has 0 aromatic carbocycles. The SMILES string of the molecule is Cc1nc(C(C)NC2C3CCC(C3)C2C(=O)O)c(C)s1. The van der Waals surface area contributed by atoms with Gasteiger partial charge in [0.2, 0.25) is 0 Å². The third-order valence-electron chi connectivity index (χ3n) is 4.99. The summed E-state index contributed by atoms with van der Waals surface area (Å²) in [5.74, 6) is 0.0633. The van der Waals surface area contributed by atoms with Crippen LogP contribution < -0.4 is 5.32 Å². The van der Waals surface area contributed by atoms with E-state index in [-0.39, 0.29) is 18.0 Å². The Hall–Kier alpha value is -0.940. The number of aliphatic carboxylic acids is 1. The monoisotopic (exact) mass is 294 g/mol. The second-order valence-corrected chi connectivity index (χ2v) is 7.69. The Labute approximate surface area is 123 Å². The molecular formula is C15H22N2O2S. The second kappa shape index (κ2) is 5.11. The Morgan fingerprint density at radius 1 is 1.40 bits per heavy atom. The van der Waals surface area contributed by atoms with Gasteiger partial charge in [0.15, 0.2) is 0 Å². The number of aryl methyl sites for hydroxylation is 2. The first kappa shape index (κ1) is 14.0. The zero-order chi connectivity index (χ0) is 14.4. The molecule has 1 aromatic heterocycles. The normalized spacial score (nSPS) is 33.5. The average molecular weight is 294 g/mol. The van der Waals surface area contributed by atoms with E-state index in [1.165, 1.54) is 11.3 Å². The highest BCUT2D eigenvalue weighted by molar-refractivity contribution is 7.11. The molecule has 0 radical (unpaired) electrons. The fourth-order valence-electron chi connectivity index (χ4n) is 4.20. The van der Waals surface area contributed by atoms with Crippen molar-refractivity contribution in [3.63, 3.8) is 0 Å². The molecule has 5 unspecified atom stereocenters. The van der Waals surface area contributed by atoms with Crippen molar-refractivity contribution >= 4 is 17.3 Å². The van der Waals surface area contributed by atoms with Gasteiger partial charge in [-0.1, -0.05) is 0 Å². The lowest BCUT2D eigenvalue weighted by atomic mass is 9.84. The predicted octanol–water partition coefficient (Wildman–Crippen LogP) is 2.91. The van der Waals surface area contributed by atoms with Crippen LogP contribution in [0.25, 0.3) is 0 Å². The molecule has 3 rings (SSSR count). The van der Waals surface area contributed by atoms with Crippen molar-refractivity contribution in [3.05, 3.63) is 15.6 Å². The summed E-state index contributed by atoms with van der Waals surface area (Å²) in [5.41, 5.74) is 1.08. The number of hydrogen-bond donors (Lipinski definition) is 2. The van der Waals surface area contributed by atoms with Crippen molar-refractivity contribution < 1.29 is 9.90 Å². The molecule has 2 bridgehead atoms. The summed E-state index contributed by atoms with van der Waals surface area (Å²) in [6.07, 6.45) is 3.34. The summed E-state index contributed by atoms with van der Waals surface area (Å²) in [6, 6.07) is 0.244. The molecule has 2 N–H and O–H groups in total. The van der Waals surface area contributed by atoms with Crippen LogP contribution in [0.2, 0.25) is 0 Å². The second-order valence-electron chi connectivity index (χ2n) is 6.29. The number of carboxylic acids is 1. The highest BCUT2D eigenvalue weighted by Crippen LogP contribution is 2.49. The third kappa shape index (κ3) is 2.27. The molecule has 0 aliphatic heterocycles. The number of thiazole rings is 1. The number of aromatic nitrogens is 1. The molecule has 0 saturated heterocycles. The van der Waals surface area contributed by atoms with E-state index >= 15 is 0 Å². The molecule has 0 spiro atoms. The maximum absolute atomic E-state index is 11.5. The number of hydrogen-bond acceptors (Lipinski definition) is 4. The first-order valence-corrected chi connectivity index (χ1v) is 8.21. The number of nitrogens with one attached hydrogen (secondary N) is 1. The van der Waals surface area contributed by atoms with Gasteiger partial charge >= 0.3 is 5.97 Å². The van der Waals surface area contributed by atoms with Crippen LogP contribution in [-0.4, -0.2) is 22.1 Å². The molecule has 1 aromatic rings. The lowest BCUT2D eigenvalue weighted by molar-refractivity contribution is -0.144. The molecule has 110 valence electrons. The quantitative estimate of drug-likeness (QED) is 0.896. The van der Waals surface area contributed by atoms with Crippen LogP contribution in [0.4, 0.5) is 0 Å². The number of carboxylic acid groups (broad SMARTS) is 1. The van der Waals surface area contributed by atoms with Crippen molar-refractivity contribution in [2.75, 3.05) is 0 Å². The van der Waals surface area contributed by atoms with Crippen LogP contribution in [0.3, 0.4) is 0 Å². The average Bonchev–Trinajstić information content (AvgIpc) is 3.03. The van der Waals surface area contributed by atoms with Crippen LogP contribution in [-0.2, 0) is 4.79 Å². The minimum Gasteiger partial charge on any atom is -0.481 e. The topological polar surface area (TPSA) is 62.2 Å². The van der Waals surface area contributed by atoms with Gasteiger partial charge in [0.25, 0.3) is 0 Å². The Bertz CT molecular complexity index is 528. The molecule has 2 aliphatic carbocycles. The summed E-state index contributed by atoms with van der Waals surface area (Å²) in [6.45, 7) is 6.21. The van der Waals surface area contributed by atoms with Crippen LogP contribution in [0.5, 0.6) is 0 Å². The highest BCUT2D eigenvalue weighted by atomic mass is 32.1. The van der Waals surface area contributed by atoms with Crippen molar-refractivity contribution in [2.24, 2.45) is 17.8 Å². The van der Waals surface area contributed by atoms with E-state index in [4.69, 9.17) is 0 Å². The van der Waals surface area contributed by atoms with E-state index in [1.54, 1.807) is 11.3 Å². The smallest absolute Gasteiger partial charge is 0.308 e. The van der Waals surface area contributed by atoms with Crippen molar-refractivity contribution in [1.29, 1.82) is 0 Å². The molecule has 2 fully saturated rings. The number of fused-ring (bicyclic) bond motifs is 2. The van der Waals surface area contributed by atoms with Crippen LogP contribution in [0.15, 0.2) is 0 Å². The Morgan fingerprint density at radius 2 is 2.10 bits per heavy atom. The first-order chi connectivity index (χ1) is 9.47. The number of rotatable bonds is 4. The van der Waals surface area contributed by atoms with E-state index in [0.717, 1.165) is 23.5 Å². The van der Waals surface area contributed by atoms with E-state index in [9.17, 15) is 9.90 Å². The summed E-state index contributed by atoms with van der Waals surface area (Å²) in [5, 5.41) is 14.1. The molecule has 2 aliphatic rings. The molecule has 5 heteroatoms. The van der Waals surface area contributed by atoms with Gasteiger partial charge in [-0.05, 0) is 51.9 Å². The molecule has 2 saturated carbocycles. The lowest BCUT2D eigenvalue weighted by Gasteiger charge is -2.31. The molecule has 4 nitrogen and oxygen atoms in total.